The van der Waals surface area contributed by atoms with E-state index in [4.69, 9.17) is 9.26 Å². The summed E-state index contributed by atoms with van der Waals surface area (Å²) in [5, 5.41) is 6.11. The summed E-state index contributed by atoms with van der Waals surface area (Å²) in [6, 6.07) is 5.83. The molecule has 1 aliphatic heterocycles. The predicted molar refractivity (Wildman–Crippen MR) is 75.5 cm³/mol. The first-order valence-corrected chi connectivity index (χ1v) is 8.48. The fourth-order valence-corrected chi connectivity index (χ4v) is 4.40. The van der Waals surface area contributed by atoms with Crippen LogP contribution in [0.25, 0.3) is 10.6 Å². The number of ether oxygens (including phenoxy) is 1. The number of thiophene rings is 1. The second kappa shape index (κ2) is 5.56. The van der Waals surface area contributed by atoms with E-state index in [9.17, 15) is 4.21 Å². The van der Waals surface area contributed by atoms with Gasteiger partial charge in [-0.1, -0.05) is 11.2 Å². The number of hydrogen-bond acceptors (Lipinski definition) is 5. The minimum atomic E-state index is -0.954. The molecule has 0 saturated carbocycles. The highest BCUT2D eigenvalue weighted by molar-refractivity contribution is 7.84. The van der Waals surface area contributed by atoms with Crippen LogP contribution in [-0.2, 0) is 21.3 Å². The molecule has 3 rings (SSSR count). The smallest absolute Gasteiger partial charge is 0.177 e. The summed E-state index contributed by atoms with van der Waals surface area (Å²) >= 11 is 1.60. The van der Waals surface area contributed by atoms with E-state index in [0.717, 1.165) is 22.8 Å². The molecule has 1 aliphatic rings. The Bertz CT molecular complexity index is 564. The predicted octanol–water partition coefficient (Wildman–Crippen LogP) is 2.83. The van der Waals surface area contributed by atoms with Gasteiger partial charge in [0.1, 0.15) is 0 Å². The molecule has 4 nitrogen and oxygen atoms in total. The normalized spacial score (nSPS) is 24.7. The first-order valence-electron chi connectivity index (χ1n) is 6.22. The van der Waals surface area contributed by atoms with Crippen molar-refractivity contribution in [3.63, 3.8) is 0 Å². The SMILES string of the molecule is C[C@H]1OCC[C@H]1[S@@](=O)Cc1cc(-c2cccs2)on1. The molecular weight excluding hydrogens is 282 g/mol. The summed E-state index contributed by atoms with van der Waals surface area (Å²) in [6.45, 7) is 2.69. The molecule has 0 amide bonds. The van der Waals surface area contributed by atoms with Crippen molar-refractivity contribution in [2.24, 2.45) is 0 Å². The largest absolute Gasteiger partial charge is 0.377 e. The van der Waals surface area contributed by atoms with Crippen LogP contribution >= 0.6 is 11.3 Å². The Morgan fingerprint density at radius 2 is 2.47 bits per heavy atom. The first kappa shape index (κ1) is 13.0. The van der Waals surface area contributed by atoms with Gasteiger partial charge in [0.05, 0.1) is 27.7 Å². The van der Waals surface area contributed by atoms with E-state index >= 15 is 0 Å². The highest BCUT2D eigenvalue weighted by Gasteiger charge is 2.30. The van der Waals surface area contributed by atoms with Crippen molar-refractivity contribution in [3.05, 3.63) is 29.3 Å². The molecule has 3 atom stereocenters. The summed E-state index contributed by atoms with van der Waals surface area (Å²) < 4.78 is 23.0. The molecular formula is C13H15NO3S2. The van der Waals surface area contributed by atoms with Crippen LogP contribution in [0, 0.1) is 0 Å². The third-order valence-corrected chi connectivity index (χ3v) is 6.02. The molecule has 2 aromatic rings. The molecule has 0 N–H and O–H groups in total. The summed E-state index contributed by atoms with van der Waals surface area (Å²) in [7, 11) is -0.954. The van der Waals surface area contributed by atoms with Gasteiger partial charge in [0.15, 0.2) is 5.76 Å². The standard InChI is InChI=1S/C13H15NO3S2/c1-9-13(4-5-16-9)19(15)8-10-7-11(17-14-10)12-3-2-6-18-12/h2-3,6-7,9,13H,4-5,8H2,1H3/t9-,13-,19+/m1/s1. The Labute approximate surface area is 118 Å². The Balaban J connectivity index is 1.69. The average Bonchev–Trinajstić information content (AvgIpc) is 3.07. The van der Waals surface area contributed by atoms with Crippen LogP contribution in [0.15, 0.2) is 28.1 Å². The van der Waals surface area contributed by atoms with Gasteiger partial charge in [-0.25, -0.2) is 0 Å². The molecule has 0 spiro atoms. The zero-order valence-electron chi connectivity index (χ0n) is 10.6. The first-order chi connectivity index (χ1) is 9.24. The Morgan fingerprint density at radius 3 is 3.16 bits per heavy atom. The van der Waals surface area contributed by atoms with Crippen LogP contribution in [0.1, 0.15) is 19.0 Å². The lowest BCUT2D eigenvalue weighted by Gasteiger charge is -2.12. The van der Waals surface area contributed by atoms with Gasteiger partial charge in [-0.05, 0) is 24.8 Å². The lowest BCUT2D eigenvalue weighted by Crippen LogP contribution is -2.24. The summed E-state index contributed by atoms with van der Waals surface area (Å²) in [5.41, 5.74) is 0.751. The van der Waals surface area contributed by atoms with Crippen LogP contribution in [0.3, 0.4) is 0 Å². The molecule has 19 heavy (non-hydrogen) atoms. The number of rotatable bonds is 4. The Kier molecular flexibility index (Phi) is 3.81. The van der Waals surface area contributed by atoms with E-state index in [1.165, 1.54) is 0 Å². The molecule has 1 fully saturated rings. The number of nitrogens with zero attached hydrogens (tertiary/aromatic N) is 1. The maximum absolute atomic E-state index is 12.3. The molecule has 3 heterocycles. The van der Waals surface area contributed by atoms with Gasteiger partial charge >= 0.3 is 0 Å². The monoisotopic (exact) mass is 297 g/mol. The van der Waals surface area contributed by atoms with Gasteiger partial charge in [0, 0.05) is 23.5 Å². The van der Waals surface area contributed by atoms with Gasteiger partial charge in [0.2, 0.25) is 0 Å². The van der Waals surface area contributed by atoms with E-state index < -0.39 is 10.8 Å². The van der Waals surface area contributed by atoms with Gasteiger partial charge in [0.25, 0.3) is 0 Å². The molecule has 2 aromatic heterocycles. The average molecular weight is 297 g/mol. The van der Waals surface area contributed by atoms with Gasteiger partial charge in [-0.2, -0.15) is 0 Å². The minimum Gasteiger partial charge on any atom is -0.377 e. The third-order valence-electron chi connectivity index (χ3n) is 3.26. The number of hydrogen-bond donors (Lipinski definition) is 0. The minimum absolute atomic E-state index is 0.0736. The van der Waals surface area contributed by atoms with Crippen LogP contribution in [0.4, 0.5) is 0 Å². The molecule has 6 heteroatoms. The molecule has 1 saturated heterocycles. The van der Waals surface area contributed by atoms with E-state index in [-0.39, 0.29) is 11.4 Å². The molecule has 102 valence electrons. The molecule has 0 aliphatic carbocycles. The Morgan fingerprint density at radius 1 is 1.58 bits per heavy atom. The topological polar surface area (TPSA) is 52.3 Å². The van der Waals surface area contributed by atoms with E-state index in [1.807, 2.05) is 30.5 Å². The van der Waals surface area contributed by atoms with E-state index in [1.54, 1.807) is 11.3 Å². The zero-order valence-corrected chi connectivity index (χ0v) is 12.2. The van der Waals surface area contributed by atoms with Crippen LogP contribution < -0.4 is 0 Å². The lowest BCUT2D eigenvalue weighted by molar-refractivity contribution is 0.127. The van der Waals surface area contributed by atoms with Crippen LogP contribution in [0.2, 0.25) is 0 Å². The maximum Gasteiger partial charge on any atom is 0.177 e. The van der Waals surface area contributed by atoms with Gasteiger partial charge < -0.3 is 9.26 Å². The maximum atomic E-state index is 12.3. The van der Waals surface area contributed by atoms with Crippen molar-refractivity contribution in [2.45, 2.75) is 30.5 Å². The second-order valence-corrected chi connectivity index (χ2v) is 7.19. The second-order valence-electron chi connectivity index (χ2n) is 4.59. The molecule has 0 radical (unpaired) electrons. The van der Waals surface area contributed by atoms with E-state index in [2.05, 4.69) is 5.16 Å². The highest BCUT2D eigenvalue weighted by atomic mass is 32.2. The molecule has 0 aromatic carbocycles. The highest BCUT2D eigenvalue weighted by Crippen LogP contribution is 2.26. The fraction of sp³-hybridized carbons (Fsp3) is 0.462. The quantitative estimate of drug-likeness (QED) is 0.871. The fourth-order valence-electron chi connectivity index (χ4n) is 2.22. The number of aromatic nitrogens is 1. The molecule has 0 bridgehead atoms. The third kappa shape index (κ3) is 2.80. The van der Waals surface area contributed by atoms with Crippen molar-refractivity contribution in [2.75, 3.05) is 6.61 Å². The van der Waals surface area contributed by atoms with Crippen molar-refractivity contribution in [1.29, 1.82) is 0 Å². The summed E-state index contributed by atoms with van der Waals surface area (Å²) in [6.07, 6.45) is 0.938. The zero-order chi connectivity index (χ0) is 13.2. The lowest BCUT2D eigenvalue weighted by atomic mass is 10.3. The van der Waals surface area contributed by atoms with Crippen molar-refractivity contribution in [3.8, 4) is 10.6 Å². The van der Waals surface area contributed by atoms with Crippen LogP contribution in [0.5, 0.6) is 0 Å². The van der Waals surface area contributed by atoms with Crippen molar-refractivity contribution >= 4 is 22.1 Å². The molecule has 0 unspecified atom stereocenters. The summed E-state index contributed by atoms with van der Waals surface area (Å²) in [4.78, 5) is 1.04. The van der Waals surface area contributed by atoms with Gasteiger partial charge in [-0.15, -0.1) is 11.3 Å². The Hall–Kier alpha value is -0.980. The van der Waals surface area contributed by atoms with E-state index in [0.29, 0.717) is 12.4 Å². The van der Waals surface area contributed by atoms with Crippen molar-refractivity contribution < 1.29 is 13.5 Å². The van der Waals surface area contributed by atoms with Crippen LogP contribution in [-0.4, -0.2) is 27.3 Å². The van der Waals surface area contributed by atoms with Crippen molar-refractivity contribution in [1.82, 2.24) is 5.16 Å². The summed E-state index contributed by atoms with van der Waals surface area (Å²) in [5.74, 6) is 1.19. The van der Waals surface area contributed by atoms with Gasteiger partial charge in [-0.3, -0.25) is 4.21 Å².